The second kappa shape index (κ2) is 4.45. The number of hydrogen-bond acceptors (Lipinski definition) is 3. The van der Waals surface area contributed by atoms with Crippen LogP contribution in [-0.4, -0.2) is 19.1 Å². The summed E-state index contributed by atoms with van der Waals surface area (Å²) in [5.74, 6) is 0.739. The fourth-order valence-corrected chi connectivity index (χ4v) is 1.48. The molecule has 1 saturated carbocycles. The van der Waals surface area contributed by atoms with Crippen LogP contribution in [0.1, 0.15) is 26.2 Å². The monoisotopic (exact) mass is 171 g/mol. The third-order valence-corrected chi connectivity index (χ3v) is 2.29. The fourth-order valence-electron chi connectivity index (χ4n) is 1.48. The number of carbonyl (C=O) groups excluding carboxylic acids is 1. The van der Waals surface area contributed by atoms with Gasteiger partial charge < -0.3 is 10.5 Å². The molecule has 0 aromatic rings. The Labute approximate surface area is 73.3 Å². The smallest absolute Gasteiger partial charge is 0.309 e. The molecule has 0 heterocycles. The lowest BCUT2D eigenvalue weighted by atomic mass is 10.2. The van der Waals surface area contributed by atoms with Crippen LogP contribution in [0.15, 0.2) is 0 Å². The van der Waals surface area contributed by atoms with E-state index in [1.54, 1.807) is 0 Å². The Morgan fingerprint density at radius 1 is 1.67 bits per heavy atom. The van der Waals surface area contributed by atoms with Gasteiger partial charge in [-0.25, -0.2) is 0 Å². The predicted octanol–water partition coefficient (Wildman–Crippen LogP) is 0.924. The SMILES string of the molecule is CCOC(=O)C1CC1CCCN. The molecular formula is C9H17NO2. The molecule has 0 bridgehead atoms. The van der Waals surface area contributed by atoms with E-state index in [9.17, 15) is 4.79 Å². The van der Waals surface area contributed by atoms with Gasteiger partial charge in [0.2, 0.25) is 0 Å². The molecule has 2 unspecified atom stereocenters. The molecule has 0 aromatic heterocycles. The molecule has 1 fully saturated rings. The minimum absolute atomic E-state index is 0.0143. The van der Waals surface area contributed by atoms with Crippen LogP contribution in [0.25, 0.3) is 0 Å². The maximum Gasteiger partial charge on any atom is 0.309 e. The van der Waals surface area contributed by atoms with Gasteiger partial charge in [0.25, 0.3) is 0 Å². The highest BCUT2D eigenvalue weighted by Crippen LogP contribution is 2.42. The van der Waals surface area contributed by atoms with Gasteiger partial charge in [-0.2, -0.15) is 0 Å². The molecule has 3 nitrogen and oxygen atoms in total. The molecular weight excluding hydrogens is 154 g/mol. The number of rotatable bonds is 5. The molecule has 1 rings (SSSR count). The van der Waals surface area contributed by atoms with Crippen molar-refractivity contribution in [1.82, 2.24) is 0 Å². The summed E-state index contributed by atoms with van der Waals surface area (Å²) in [6.45, 7) is 3.07. The number of esters is 1. The zero-order valence-electron chi connectivity index (χ0n) is 7.58. The molecule has 12 heavy (non-hydrogen) atoms. The largest absolute Gasteiger partial charge is 0.466 e. The van der Waals surface area contributed by atoms with Crippen molar-refractivity contribution in [3.63, 3.8) is 0 Å². The van der Waals surface area contributed by atoms with Crippen LogP contribution in [-0.2, 0) is 9.53 Å². The Morgan fingerprint density at radius 2 is 2.42 bits per heavy atom. The second-order valence-electron chi connectivity index (χ2n) is 3.29. The van der Waals surface area contributed by atoms with Gasteiger partial charge in [0.15, 0.2) is 0 Å². The van der Waals surface area contributed by atoms with Crippen LogP contribution < -0.4 is 5.73 Å². The van der Waals surface area contributed by atoms with Crippen LogP contribution in [0.4, 0.5) is 0 Å². The van der Waals surface area contributed by atoms with Gasteiger partial charge >= 0.3 is 5.97 Å². The number of nitrogens with two attached hydrogens (primary N) is 1. The second-order valence-corrected chi connectivity index (χ2v) is 3.29. The Morgan fingerprint density at radius 3 is 3.00 bits per heavy atom. The van der Waals surface area contributed by atoms with E-state index in [2.05, 4.69) is 0 Å². The van der Waals surface area contributed by atoms with E-state index in [0.717, 1.165) is 25.8 Å². The average Bonchev–Trinajstić information content (AvgIpc) is 2.80. The van der Waals surface area contributed by atoms with Crippen molar-refractivity contribution < 1.29 is 9.53 Å². The van der Waals surface area contributed by atoms with Gasteiger partial charge in [-0.1, -0.05) is 0 Å². The van der Waals surface area contributed by atoms with Crippen LogP contribution in [0.3, 0.4) is 0 Å². The Kier molecular flexibility index (Phi) is 3.53. The Bertz CT molecular complexity index is 159. The van der Waals surface area contributed by atoms with Crippen molar-refractivity contribution >= 4 is 5.97 Å². The molecule has 1 aliphatic carbocycles. The summed E-state index contributed by atoms with van der Waals surface area (Å²) in [6.07, 6.45) is 3.12. The molecule has 3 heteroatoms. The summed E-state index contributed by atoms with van der Waals surface area (Å²) < 4.78 is 4.91. The molecule has 0 radical (unpaired) electrons. The summed E-state index contributed by atoms with van der Waals surface area (Å²) in [6, 6.07) is 0. The van der Waals surface area contributed by atoms with E-state index in [0.29, 0.717) is 12.5 Å². The maximum atomic E-state index is 11.1. The zero-order valence-corrected chi connectivity index (χ0v) is 7.58. The standard InChI is InChI=1S/C9H17NO2/c1-2-12-9(11)8-6-7(8)4-3-5-10/h7-8H,2-6,10H2,1H3. The number of hydrogen-bond donors (Lipinski definition) is 1. The highest BCUT2D eigenvalue weighted by Gasteiger charge is 2.43. The van der Waals surface area contributed by atoms with Gasteiger partial charge in [0, 0.05) is 0 Å². The third kappa shape index (κ3) is 2.48. The average molecular weight is 171 g/mol. The lowest BCUT2D eigenvalue weighted by molar-refractivity contribution is -0.145. The van der Waals surface area contributed by atoms with E-state index in [1.807, 2.05) is 6.92 Å². The summed E-state index contributed by atoms with van der Waals surface area (Å²) in [4.78, 5) is 11.1. The molecule has 2 N–H and O–H groups in total. The summed E-state index contributed by atoms with van der Waals surface area (Å²) in [5.41, 5.74) is 5.37. The summed E-state index contributed by atoms with van der Waals surface area (Å²) >= 11 is 0. The van der Waals surface area contributed by atoms with Crippen LogP contribution >= 0.6 is 0 Å². The first-order valence-corrected chi connectivity index (χ1v) is 4.66. The highest BCUT2D eigenvalue weighted by atomic mass is 16.5. The van der Waals surface area contributed by atoms with Crippen LogP contribution in [0.5, 0.6) is 0 Å². The van der Waals surface area contributed by atoms with E-state index < -0.39 is 0 Å². The molecule has 0 aromatic carbocycles. The molecule has 70 valence electrons. The lowest BCUT2D eigenvalue weighted by Gasteiger charge is -1.99. The highest BCUT2D eigenvalue weighted by molar-refractivity contribution is 5.75. The first-order valence-electron chi connectivity index (χ1n) is 4.66. The maximum absolute atomic E-state index is 11.1. The first kappa shape index (κ1) is 9.52. The minimum Gasteiger partial charge on any atom is -0.466 e. The molecule has 1 aliphatic rings. The van der Waals surface area contributed by atoms with Gasteiger partial charge in [0.1, 0.15) is 0 Å². The van der Waals surface area contributed by atoms with Crippen LogP contribution in [0, 0.1) is 11.8 Å². The first-order chi connectivity index (χ1) is 5.79. The summed E-state index contributed by atoms with van der Waals surface area (Å²) in [5, 5.41) is 0. The topological polar surface area (TPSA) is 52.3 Å². The predicted molar refractivity (Wildman–Crippen MR) is 46.5 cm³/mol. The lowest BCUT2D eigenvalue weighted by Crippen LogP contribution is -2.08. The van der Waals surface area contributed by atoms with Crippen molar-refractivity contribution in [3.8, 4) is 0 Å². The number of ether oxygens (including phenoxy) is 1. The van der Waals surface area contributed by atoms with E-state index in [-0.39, 0.29) is 11.9 Å². The van der Waals surface area contributed by atoms with Crippen molar-refractivity contribution in [2.75, 3.05) is 13.2 Å². The van der Waals surface area contributed by atoms with Gasteiger partial charge in [-0.05, 0) is 38.6 Å². The Balaban J connectivity index is 2.10. The zero-order chi connectivity index (χ0) is 8.97. The van der Waals surface area contributed by atoms with Gasteiger partial charge in [-0.3, -0.25) is 4.79 Å². The molecule has 0 spiro atoms. The van der Waals surface area contributed by atoms with E-state index in [1.165, 1.54) is 0 Å². The molecule has 0 saturated heterocycles. The quantitative estimate of drug-likeness (QED) is 0.626. The minimum atomic E-state index is -0.0143. The van der Waals surface area contributed by atoms with Gasteiger partial charge in [-0.15, -0.1) is 0 Å². The molecule has 0 amide bonds. The number of carbonyl (C=O) groups is 1. The van der Waals surface area contributed by atoms with Crippen molar-refractivity contribution in [1.29, 1.82) is 0 Å². The van der Waals surface area contributed by atoms with Gasteiger partial charge in [0.05, 0.1) is 12.5 Å². The van der Waals surface area contributed by atoms with Crippen molar-refractivity contribution in [3.05, 3.63) is 0 Å². The normalized spacial score (nSPS) is 26.8. The third-order valence-electron chi connectivity index (χ3n) is 2.29. The van der Waals surface area contributed by atoms with E-state index in [4.69, 9.17) is 10.5 Å². The molecule has 0 aliphatic heterocycles. The van der Waals surface area contributed by atoms with E-state index >= 15 is 0 Å². The Hall–Kier alpha value is -0.570. The van der Waals surface area contributed by atoms with Crippen molar-refractivity contribution in [2.24, 2.45) is 17.6 Å². The van der Waals surface area contributed by atoms with Crippen LogP contribution in [0.2, 0.25) is 0 Å². The molecule has 2 atom stereocenters. The van der Waals surface area contributed by atoms with Crippen molar-refractivity contribution in [2.45, 2.75) is 26.2 Å². The fraction of sp³-hybridized carbons (Fsp3) is 0.889. The summed E-state index contributed by atoms with van der Waals surface area (Å²) in [7, 11) is 0.